The highest BCUT2D eigenvalue weighted by Crippen LogP contribution is 2.18. The zero-order valence-electron chi connectivity index (χ0n) is 8.59. The van der Waals surface area contributed by atoms with Crippen LogP contribution in [0.1, 0.15) is 25.1 Å². The fourth-order valence-electron chi connectivity index (χ4n) is 1.17. The van der Waals surface area contributed by atoms with Crippen molar-refractivity contribution in [2.24, 2.45) is 0 Å². The molecule has 0 fully saturated rings. The molecule has 2 rings (SSSR count). The monoisotopic (exact) mass is 177 g/mol. The Balaban J connectivity index is 0.000000396. The summed E-state index contributed by atoms with van der Waals surface area (Å²) in [5.41, 5.74) is 3.04. The van der Waals surface area contributed by atoms with Crippen LogP contribution >= 0.6 is 0 Å². The first-order valence-corrected chi connectivity index (χ1v) is 4.60. The van der Waals surface area contributed by atoms with Gasteiger partial charge in [-0.15, -0.1) is 0 Å². The molecule has 0 aliphatic carbocycles. The molecule has 0 spiro atoms. The van der Waals surface area contributed by atoms with Gasteiger partial charge in [-0.1, -0.05) is 25.1 Å². The Morgan fingerprint density at radius 2 is 1.85 bits per heavy atom. The summed E-state index contributed by atoms with van der Waals surface area (Å²) < 4.78 is 5.08. The Kier molecular flexibility index (Phi) is 3.07. The van der Waals surface area contributed by atoms with Crippen LogP contribution in [-0.2, 0) is 0 Å². The van der Waals surface area contributed by atoms with Crippen LogP contribution in [0.3, 0.4) is 0 Å². The molecular formula is C11H15NO. The molecule has 2 aromatic rings. The van der Waals surface area contributed by atoms with Crippen molar-refractivity contribution in [3.8, 4) is 0 Å². The molecular weight excluding hydrogens is 162 g/mol. The lowest BCUT2D eigenvalue weighted by atomic mass is 10.2. The largest absolute Gasteiger partial charge is 0.356 e. The molecule has 2 nitrogen and oxygen atoms in total. The predicted molar refractivity (Wildman–Crippen MR) is 54.8 cm³/mol. The summed E-state index contributed by atoms with van der Waals surface area (Å²) in [7, 11) is 0. The maximum Gasteiger partial charge on any atom is 0.167 e. The first kappa shape index (κ1) is 9.78. The van der Waals surface area contributed by atoms with Gasteiger partial charge in [0.05, 0.1) is 5.69 Å². The minimum atomic E-state index is 0.877. The molecule has 0 amide bonds. The molecule has 13 heavy (non-hydrogen) atoms. The van der Waals surface area contributed by atoms with Crippen LogP contribution in [0.25, 0.3) is 11.0 Å². The molecule has 0 N–H and O–H groups in total. The molecule has 0 saturated heterocycles. The van der Waals surface area contributed by atoms with Gasteiger partial charge < -0.3 is 4.52 Å². The van der Waals surface area contributed by atoms with Crippen molar-refractivity contribution in [3.63, 3.8) is 0 Å². The molecule has 1 aromatic heterocycles. The summed E-state index contributed by atoms with van der Waals surface area (Å²) >= 11 is 0. The van der Waals surface area contributed by atoms with Gasteiger partial charge in [-0.3, -0.25) is 0 Å². The molecule has 2 heteroatoms. The lowest BCUT2D eigenvalue weighted by Crippen LogP contribution is -1.71. The molecule has 0 radical (unpaired) electrons. The second-order valence-corrected chi connectivity index (χ2v) is 2.77. The summed E-state index contributed by atoms with van der Waals surface area (Å²) in [6, 6.07) is 6.10. The van der Waals surface area contributed by atoms with Crippen LogP contribution < -0.4 is 0 Å². The lowest BCUT2D eigenvalue weighted by Gasteiger charge is -1.89. The maximum atomic E-state index is 5.08. The second kappa shape index (κ2) is 4.08. The van der Waals surface area contributed by atoms with Crippen LogP contribution in [-0.4, -0.2) is 5.16 Å². The van der Waals surface area contributed by atoms with E-state index >= 15 is 0 Å². The maximum absolute atomic E-state index is 5.08. The Morgan fingerprint density at radius 3 is 2.54 bits per heavy atom. The molecule has 1 aromatic carbocycles. The number of rotatable bonds is 0. The summed E-state index contributed by atoms with van der Waals surface area (Å²) in [5, 5.41) is 4.97. The van der Waals surface area contributed by atoms with E-state index in [-0.39, 0.29) is 0 Å². The Hall–Kier alpha value is -1.31. The first-order chi connectivity index (χ1) is 6.27. The summed E-state index contributed by atoms with van der Waals surface area (Å²) in [5.74, 6) is 0. The first-order valence-electron chi connectivity index (χ1n) is 4.60. The third-order valence-corrected chi connectivity index (χ3v) is 1.81. The van der Waals surface area contributed by atoms with E-state index in [2.05, 4.69) is 11.2 Å². The van der Waals surface area contributed by atoms with Crippen LogP contribution in [0.15, 0.2) is 22.7 Å². The fourth-order valence-corrected chi connectivity index (χ4v) is 1.17. The topological polar surface area (TPSA) is 26.0 Å². The highest BCUT2D eigenvalue weighted by atomic mass is 16.5. The number of aryl methyl sites for hydroxylation is 2. The van der Waals surface area contributed by atoms with Crippen molar-refractivity contribution in [2.75, 3.05) is 0 Å². The normalized spacial score (nSPS) is 9.54. The van der Waals surface area contributed by atoms with E-state index in [1.807, 2.05) is 39.8 Å². The average molecular weight is 177 g/mol. The van der Waals surface area contributed by atoms with Crippen LogP contribution in [0.5, 0.6) is 0 Å². The second-order valence-electron chi connectivity index (χ2n) is 2.77. The molecule has 0 saturated carbocycles. The van der Waals surface area contributed by atoms with Gasteiger partial charge in [0.15, 0.2) is 5.58 Å². The number of benzene rings is 1. The third-order valence-electron chi connectivity index (χ3n) is 1.81. The van der Waals surface area contributed by atoms with Crippen LogP contribution in [0.4, 0.5) is 0 Å². The number of fused-ring (bicyclic) bond motifs is 1. The molecule has 0 aliphatic rings. The molecule has 0 aliphatic heterocycles. The number of hydrogen-bond acceptors (Lipinski definition) is 2. The standard InChI is InChI=1S/C9H9NO.C2H6/c1-6-3-4-8-7(2)10-11-9(8)5-6;1-2/h3-5H,1-2H3;1-2H3. The third kappa shape index (κ3) is 1.89. The summed E-state index contributed by atoms with van der Waals surface area (Å²) in [6.45, 7) is 7.98. The van der Waals surface area contributed by atoms with E-state index in [4.69, 9.17) is 4.52 Å². The minimum Gasteiger partial charge on any atom is -0.356 e. The van der Waals surface area contributed by atoms with Gasteiger partial charge in [0.2, 0.25) is 0 Å². The van der Waals surface area contributed by atoms with E-state index in [9.17, 15) is 0 Å². The predicted octanol–water partition coefficient (Wildman–Crippen LogP) is 3.47. The quantitative estimate of drug-likeness (QED) is 0.615. The zero-order valence-corrected chi connectivity index (χ0v) is 8.59. The smallest absolute Gasteiger partial charge is 0.167 e. The molecule has 0 bridgehead atoms. The lowest BCUT2D eigenvalue weighted by molar-refractivity contribution is 0.450. The van der Waals surface area contributed by atoms with Gasteiger partial charge in [0, 0.05) is 5.39 Å². The van der Waals surface area contributed by atoms with Crippen molar-refractivity contribution < 1.29 is 4.52 Å². The van der Waals surface area contributed by atoms with Crippen LogP contribution in [0.2, 0.25) is 0 Å². The van der Waals surface area contributed by atoms with Crippen molar-refractivity contribution >= 4 is 11.0 Å². The van der Waals surface area contributed by atoms with Gasteiger partial charge in [0.1, 0.15) is 0 Å². The Labute approximate surface area is 78.5 Å². The van der Waals surface area contributed by atoms with Gasteiger partial charge in [-0.05, 0) is 31.5 Å². The average Bonchev–Trinajstić information content (AvgIpc) is 2.51. The van der Waals surface area contributed by atoms with Gasteiger partial charge in [0.25, 0.3) is 0 Å². The van der Waals surface area contributed by atoms with E-state index in [1.165, 1.54) is 5.56 Å². The molecule has 1 heterocycles. The Morgan fingerprint density at radius 1 is 1.15 bits per heavy atom. The summed E-state index contributed by atoms with van der Waals surface area (Å²) in [6.07, 6.45) is 0. The SMILES string of the molecule is CC.Cc1ccc2c(C)noc2c1. The number of nitrogens with zero attached hydrogens (tertiary/aromatic N) is 1. The zero-order chi connectivity index (χ0) is 9.84. The molecule has 0 atom stereocenters. The minimum absolute atomic E-state index is 0.877. The Bertz CT molecular complexity index is 390. The molecule has 0 unspecified atom stereocenters. The number of aromatic nitrogens is 1. The van der Waals surface area contributed by atoms with Crippen molar-refractivity contribution in [1.29, 1.82) is 0 Å². The highest BCUT2D eigenvalue weighted by Gasteiger charge is 2.01. The number of hydrogen-bond donors (Lipinski definition) is 0. The van der Waals surface area contributed by atoms with Gasteiger partial charge in [-0.2, -0.15) is 0 Å². The highest BCUT2D eigenvalue weighted by molar-refractivity contribution is 5.79. The van der Waals surface area contributed by atoms with Gasteiger partial charge >= 0.3 is 0 Å². The van der Waals surface area contributed by atoms with Crippen molar-refractivity contribution in [2.45, 2.75) is 27.7 Å². The van der Waals surface area contributed by atoms with Crippen molar-refractivity contribution in [1.82, 2.24) is 5.16 Å². The van der Waals surface area contributed by atoms with Crippen LogP contribution in [0, 0.1) is 13.8 Å². The van der Waals surface area contributed by atoms with E-state index < -0.39 is 0 Å². The fraction of sp³-hybridized carbons (Fsp3) is 0.364. The van der Waals surface area contributed by atoms with E-state index in [0.29, 0.717) is 0 Å². The van der Waals surface area contributed by atoms with Crippen molar-refractivity contribution in [3.05, 3.63) is 29.5 Å². The van der Waals surface area contributed by atoms with E-state index in [0.717, 1.165) is 16.7 Å². The van der Waals surface area contributed by atoms with Gasteiger partial charge in [-0.25, -0.2) is 0 Å². The van der Waals surface area contributed by atoms with E-state index in [1.54, 1.807) is 0 Å². The molecule has 70 valence electrons. The summed E-state index contributed by atoms with van der Waals surface area (Å²) in [4.78, 5) is 0.